The van der Waals surface area contributed by atoms with Crippen molar-refractivity contribution in [3.8, 4) is 0 Å². The fourth-order valence-electron chi connectivity index (χ4n) is 2.69. The number of benzene rings is 1. The zero-order valence-corrected chi connectivity index (χ0v) is 13.4. The predicted octanol–water partition coefficient (Wildman–Crippen LogP) is 5.44. The molecule has 0 aliphatic carbocycles. The van der Waals surface area contributed by atoms with Crippen molar-refractivity contribution in [1.29, 1.82) is 0 Å². The van der Waals surface area contributed by atoms with Crippen molar-refractivity contribution in [3.63, 3.8) is 0 Å². The predicted molar refractivity (Wildman–Crippen MR) is 87.4 cm³/mol. The molecule has 0 N–H and O–H groups in total. The van der Waals surface area contributed by atoms with Gasteiger partial charge in [-0.15, -0.1) is 11.6 Å². The van der Waals surface area contributed by atoms with E-state index >= 15 is 0 Å². The largest absolute Gasteiger partial charge is 0.327 e. The summed E-state index contributed by atoms with van der Waals surface area (Å²) in [4.78, 5) is 4.65. The molecule has 0 aliphatic rings. The number of alkyl halides is 1. The van der Waals surface area contributed by atoms with E-state index in [-0.39, 0.29) is 0 Å². The maximum atomic E-state index is 6.04. The van der Waals surface area contributed by atoms with Crippen LogP contribution >= 0.6 is 11.6 Å². The summed E-state index contributed by atoms with van der Waals surface area (Å²) in [5, 5.41) is 0. The summed E-state index contributed by atoms with van der Waals surface area (Å²) in [7, 11) is 0. The maximum absolute atomic E-state index is 6.04. The summed E-state index contributed by atoms with van der Waals surface area (Å²) in [6.07, 6.45) is 7.89. The van der Waals surface area contributed by atoms with Gasteiger partial charge in [0.2, 0.25) is 0 Å². The van der Waals surface area contributed by atoms with Crippen LogP contribution in [0.25, 0.3) is 11.0 Å². The first-order chi connectivity index (χ1) is 9.76. The quantitative estimate of drug-likeness (QED) is 0.468. The Morgan fingerprint density at radius 3 is 2.60 bits per heavy atom. The summed E-state index contributed by atoms with van der Waals surface area (Å²) < 4.78 is 2.29. The molecule has 0 saturated carbocycles. The van der Waals surface area contributed by atoms with Gasteiger partial charge in [-0.1, -0.05) is 45.1 Å². The molecule has 0 atom stereocenters. The molecule has 2 aromatic rings. The van der Waals surface area contributed by atoms with Crippen molar-refractivity contribution >= 4 is 22.6 Å². The van der Waals surface area contributed by atoms with E-state index in [1.807, 2.05) is 0 Å². The van der Waals surface area contributed by atoms with Gasteiger partial charge >= 0.3 is 0 Å². The maximum Gasteiger partial charge on any atom is 0.124 e. The van der Waals surface area contributed by atoms with Crippen LogP contribution in [-0.2, 0) is 12.4 Å². The summed E-state index contributed by atoms with van der Waals surface area (Å²) in [6, 6.07) is 6.47. The van der Waals surface area contributed by atoms with Crippen LogP contribution in [-0.4, -0.2) is 9.55 Å². The van der Waals surface area contributed by atoms with Gasteiger partial charge in [0.15, 0.2) is 0 Å². The lowest BCUT2D eigenvalue weighted by molar-refractivity contribution is 0.557. The lowest BCUT2D eigenvalue weighted by Gasteiger charge is -2.07. The molecule has 0 amide bonds. The number of hydrogen-bond acceptors (Lipinski definition) is 1. The van der Waals surface area contributed by atoms with E-state index in [0.29, 0.717) is 5.88 Å². The zero-order valence-electron chi connectivity index (χ0n) is 12.7. The summed E-state index contributed by atoms with van der Waals surface area (Å²) >= 11 is 6.04. The molecule has 20 heavy (non-hydrogen) atoms. The molecular formula is C17H25ClN2. The Morgan fingerprint density at radius 2 is 1.85 bits per heavy atom. The van der Waals surface area contributed by atoms with E-state index < -0.39 is 0 Å². The van der Waals surface area contributed by atoms with Crippen LogP contribution in [0.2, 0.25) is 0 Å². The van der Waals surface area contributed by atoms with Gasteiger partial charge in [-0.05, 0) is 31.0 Å². The number of unbranched alkanes of at least 4 members (excludes halogenated alkanes) is 5. The smallest absolute Gasteiger partial charge is 0.124 e. The number of halogens is 1. The number of aromatic nitrogens is 2. The third-order valence-corrected chi connectivity index (χ3v) is 4.08. The first-order valence-corrected chi connectivity index (χ1v) is 8.31. The van der Waals surface area contributed by atoms with Crippen molar-refractivity contribution in [1.82, 2.24) is 9.55 Å². The van der Waals surface area contributed by atoms with Crippen LogP contribution in [0.3, 0.4) is 0 Å². The van der Waals surface area contributed by atoms with Gasteiger partial charge in [-0.3, -0.25) is 0 Å². The highest BCUT2D eigenvalue weighted by Gasteiger charge is 2.09. The summed E-state index contributed by atoms with van der Waals surface area (Å²) in [5.74, 6) is 1.49. The standard InChI is InChI=1S/C17H25ClN2/c1-3-4-5-6-7-8-11-20-16-10-9-14(2)12-15(16)19-17(20)13-18/h9-10,12H,3-8,11,13H2,1-2H3. The van der Waals surface area contributed by atoms with E-state index in [9.17, 15) is 0 Å². The average Bonchev–Trinajstić information content (AvgIpc) is 2.79. The van der Waals surface area contributed by atoms with Crippen molar-refractivity contribution < 1.29 is 0 Å². The minimum atomic E-state index is 0.490. The summed E-state index contributed by atoms with van der Waals surface area (Å²) in [6.45, 7) is 5.40. The Hall–Kier alpha value is -1.02. The molecule has 1 aromatic carbocycles. The van der Waals surface area contributed by atoms with Gasteiger partial charge in [0.25, 0.3) is 0 Å². The Labute approximate surface area is 127 Å². The zero-order chi connectivity index (χ0) is 14.4. The van der Waals surface area contributed by atoms with Gasteiger partial charge in [0.05, 0.1) is 16.9 Å². The fraction of sp³-hybridized carbons (Fsp3) is 0.588. The number of imidazole rings is 1. The van der Waals surface area contributed by atoms with E-state index in [1.165, 1.54) is 49.6 Å². The lowest BCUT2D eigenvalue weighted by atomic mass is 10.1. The second kappa shape index (κ2) is 7.68. The van der Waals surface area contributed by atoms with Crippen molar-refractivity contribution in [2.24, 2.45) is 0 Å². The molecule has 0 spiro atoms. The van der Waals surface area contributed by atoms with Crippen molar-refractivity contribution in [2.75, 3.05) is 0 Å². The molecule has 110 valence electrons. The highest BCUT2D eigenvalue weighted by Crippen LogP contribution is 2.20. The van der Waals surface area contributed by atoms with E-state index in [1.54, 1.807) is 0 Å². The van der Waals surface area contributed by atoms with Crippen LogP contribution in [0.5, 0.6) is 0 Å². The van der Waals surface area contributed by atoms with Gasteiger partial charge in [0.1, 0.15) is 5.82 Å². The Bertz CT molecular complexity index is 545. The first kappa shape index (κ1) is 15.4. The monoisotopic (exact) mass is 292 g/mol. The molecule has 1 heterocycles. The number of nitrogens with zero attached hydrogens (tertiary/aromatic N) is 2. The molecule has 0 bridgehead atoms. The van der Waals surface area contributed by atoms with Gasteiger partial charge in [-0.2, -0.15) is 0 Å². The number of rotatable bonds is 8. The Kier molecular flexibility index (Phi) is 5.90. The minimum absolute atomic E-state index is 0.490. The van der Waals surface area contributed by atoms with Gasteiger partial charge in [0, 0.05) is 6.54 Å². The van der Waals surface area contributed by atoms with Crippen molar-refractivity contribution in [3.05, 3.63) is 29.6 Å². The third-order valence-electron chi connectivity index (χ3n) is 3.84. The minimum Gasteiger partial charge on any atom is -0.327 e. The number of fused-ring (bicyclic) bond motifs is 1. The molecule has 2 rings (SSSR count). The number of hydrogen-bond donors (Lipinski definition) is 0. The topological polar surface area (TPSA) is 17.8 Å². The first-order valence-electron chi connectivity index (χ1n) is 7.78. The Morgan fingerprint density at radius 1 is 1.10 bits per heavy atom. The highest BCUT2D eigenvalue weighted by molar-refractivity contribution is 6.16. The van der Waals surface area contributed by atoms with Crippen molar-refractivity contribution in [2.45, 2.75) is 64.8 Å². The third kappa shape index (κ3) is 3.76. The van der Waals surface area contributed by atoms with Crippen LogP contribution < -0.4 is 0 Å². The lowest BCUT2D eigenvalue weighted by Crippen LogP contribution is -2.02. The van der Waals surface area contributed by atoms with Gasteiger partial charge in [-0.25, -0.2) is 4.98 Å². The highest BCUT2D eigenvalue weighted by atomic mass is 35.5. The molecular weight excluding hydrogens is 268 g/mol. The second-order valence-electron chi connectivity index (χ2n) is 5.57. The molecule has 2 nitrogen and oxygen atoms in total. The summed E-state index contributed by atoms with van der Waals surface area (Å²) in [5.41, 5.74) is 3.55. The van der Waals surface area contributed by atoms with Crippen LogP contribution in [0, 0.1) is 6.92 Å². The fourth-order valence-corrected chi connectivity index (χ4v) is 2.90. The second-order valence-corrected chi connectivity index (χ2v) is 5.84. The van der Waals surface area contributed by atoms with Crippen LogP contribution in [0.1, 0.15) is 56.8 Å². The normalized spacial score (nSPS) is 11.3. The number of aryl methyl sites for hydroxylation is 2. The SMILES string of the molecule is CCCCCCCCn1c(CCl)nc2cc(C)ccc21. The molecule has 0 aliphatic heterocycles. The average molecular weight is 293 g/mol. The molecule has 3 heteroatoms. The molecule has 0 unspecified atom stereocenters. The van der Waals surface area contributed by atoms with E-state index in [0.717, 1.165) is 17.9 Å². The Balaban J connectivity index is 2.01. The molecule has 0 saturated heterocycles. The van der Waals surface area contributed by atoms with Crippen LogP contribution in [0.15, 0.2) is 18.2 Å². The van der Waals surface area contributed by atoms with E-state index in [4.69, 9.17) is 11.6 Å². The molecule has 1 aromatic heterocycles. The molecule has 0 fully saturated rings. The van der Waals surface area contributed by atoms with Gasteiger partial charge < -0.3 is 4.57 Å². The van der Waals surface area contributed by atoms with Crippen LogP contribution in [0.4, 0.5) is 0 Å². The molecule has 0 radical (unpaired) electrons. The van der Waals surface area contributed by atoms with E-state index in [2.05, 4.69) is 41.6 Å².